The molecule has 0 radical (unpaired) electrons. The molecule has 1 amide bonds. The van der Waals surface area contributed by atoms with Gasteiger partial charge in [0, 0.05) is 34.7 Å². The van der Waals surface area contributed by atoms with Crippen LogP contribution in [0.25, 0.3) is 0 Å². The topological polar surface area (TPSA) is 46.3 Å². The Morgan fingerprint density at radius 3 is 2.42 bits per heavy atom. The van der Waals surface area contributed by atoms with E-state index in [0.29, 0.717) is 11.3 Å². The Bertz CT molecular complexity index is 742. The Morgan fingerprint density at radius 2 is 1.83 bits per heavy atom. The zero-order valence-corrected chi connectivity index (χ0v) is 16.3. The third-order valence-electron chi connectivity index (χ3n) is 4.69. The first-order valence-corrected chi connectivity index (χ1v) is 8.58. The van der Waals surface area contributed by atoms with E-state index in [9.17, 15) is 4.79 Å². The molecule has 5 heteroatoms. The van der Waals surface area contributed by atoms with Gasteiger partial charge in [-0.2, -0.15) is 0 Å². The zero-order chi connectivity index (χ0) is 16.6. The number of carbonyl (C=O) groups excluding carboxylic acids is 1. The van der Waals surface area contributed by atoms with Crippen molar-refractivity contribution in [1.29, 1.82) is 0 Å². The van der Waals surface area contributed by atoms with Crippen LogP contribution in [-0.4, -0.2) is 24.4 Å². The van der Waals surface area contributed by atoms with Crippen LogP contribution in [0, 0.1) is 6.92 Å². The van der Waals surface area contributed by atoms with Gasteiger partial charge in [0.15, 0.2) is 0 Å². The van der Waals surface area contributed by atoms with E-state index in [4.69, 9.17) is 5.73 Å². The highest BCUT2D eigenvalue weighted by Crippen LogP contribution is 2.48. The van der Waals surface area contributed by atoms with Crippen molar-refractivity contribution in [2.45, 2.75) is 25.2 Å². The van der Waals surface area contributed by atoms with Crippen LogP contribution in [0.5, 0.6) is 0 Å². The Kier molecular flexibility index (Phi) is 5.61. The number of likely N-dealkylation sites (N-methyl/N-ethyl adjacent to an activating group) is 1. The molecule has 3 rings (SSSR count). The molecule has 0 unspecified atom stereocenters. The maximum absolute atomic E-state index is 12.8. The number of rotatable bonds is 4. The van der Waals surface area contributed by atoms with Gasteiger partial charge in [-0.15, -0.1) is 12.4 Å². The highest BCUT2D eigenvalue weighted by molar-refractivity contribution is 9.10. The highest BCUT2D eigenvalue weighted by atomic mass is 79.9. The molecule has 2 aromatic rings. The van der Waals surface area contributed by atoms with Gasteiger partial charge >= 0.3 is 0 Å². The Labute approximate surface area is 157 Å². The molecule has 3 nitrogen and oxygen atoms in total. The number of anilines is 1. The first-order chi connectivity index (χ1) is 10.9. The molecule has 0 bridgehead atoms. The summed E-state index contributed by atoms with van der Waals surface area (Å²) in [6.07, 6.45) is 2.25. The zero-order valence-electron chi connectivity index (χ0n) is 13.9. The van der Waals surface area contributed by atoms with E-state index in [1.54, 1.807) is 6.07 Å². The lowest BCUT2D eigenvalue weighted by atomic mass is 9.95. The van der Waals surface area contributed by atoms with Crippen molar-refractivity contribution in [3.05, 3.63) is 63.6 Å². The highest BCUT2D eigenvalue weighted by Gasteiger charge is 2.45. The molecular weight excluding hydrogens is 388 g/mol. The quantitative estimate of drug-likeness (QED) is 0.752. The van der Waals surface area contributed by atoms with Gasteiger partial charge in [0.05, 0.1) is 0 Å². The Hall–Kier alpha value is -1.52. The van der Waals surface area contributed by atoms with Crippen LogP contribution < -0.4 is 5.73 Å². The van der Waals surface area contributed by atoms with Crippen molar-refractivity contribution in [2.24, 2.45) is 0 Å². The summed E-state index contributed by atoms with van der Waals surface area (Å²) in [6, 6.07) is 13.9. The smallest absolute Gasteiger partial charge is 0.253 e. The second-order valence-corrected chi connectivity index (χ2v) is 7.44. The Morgan fingerprint density at radius 1 is 1.21 bits per heavy atom. The van der Waals surface area contributed by atoms with Gasteiger partial charge < -0.3 is 10.6 Å². The predicted octanol–water partition coefficient (Wildman–Crippen LogP) is 4.57. The van der Waals surface area contributed by atoms with Crippen LogP contribution in [0.2, 0.25) is 0 Å². The number of nitrogens with two attached hydrogens (primary N) is 1. The summed E-state index contributed by atoms with van der Waals surface area (Å²) in [5, 5.41) is 0. The number of hydrogen-bond donors (Lipinski definition) is 1. The molecule has 0 aromatic heterocycles. The average molecular weight is 410 g/mol. The van der Waals surface area contributed by atoms with Crippen molar-refractivity contribution in [1.82, 2.24) is 4.90 Å². The lowest BCUT2D eigenvalue weighted by molar-refractivity contribution is 0.0781. The lowest BCUT2D eigenvalue weighted by Gasteiger charge is -2.25. The largest absolute Gasteiger partial charge is 0.399 e. The second-order valence-electron chi connectivity index (χ2n) is 6.52. The van der Waals surface area contributed by atoms with Gasteiger partial charge in [-0.05, 0) is 55.2 Å². The molecule has 0 saturated heterocycles. The van der Waals surface area contributed by atoms with Gasteiger partial charge in [-0.3, -0.25) is 4.79 Å². The molecule has 0 spiro atoms. The maximum Gasteiger partial charge on any atom is 0.253 e. The van der Waals surface area contributed by atoms with Crippen LogP contribution in [-0.2, 0) is 5.41 Å². The normalized spacial score (nSPS) is 14.6. The fourth-order valence-electron chi connectivity index (χ4n) is 3.09. The van der Waals surface area contributed by atoms with Gasteiger partial charge in [0.25, 0.3) is 5.91 Å². The predicted molar refractivity (Wildman–Crippen MR) is 105 cm³/mol. The molecule has 1 aliphatic rings. The number of nitrogens with zero attached hydrogens (tertiary/aromatic N) is 1. The fourth-order valence-corrected chi connectivity index (χ4v) is 3.36. The van der Waals surface area contributed by atoms with E-state index in [-0.39, 0.29) is 23.7 Å². The minimum Gasteiger partial charge on any atom is -0.399 e. The number of nitrogen functional groups attached to an aromatic ring is 1. The molecule has 0 atom stereocenters. The van der Waals surface area contributed by atoms with Gasteiger partial charge in [0.2, 0.25) is 0 Å². The third-order valence-corrected chi connectivity index (χ3v) is 5.22. The SMILES string of the molecule is Cc1ccc(N)cc1C(=O)N(C)CC1(c2ccc(Br)cc2)CC1.Cl. The molecule has 2 aromatic carbocycles. The van der Waals surface area contributed by atoms with E-state index in [0.717, 1.165) is 29.4 Å². The first-order valence-electron chi connectivity index (χ1n) is 7.79. The van der Waals surface area contributed by atoms with Crippen molar-refractivity contribution < 1.29 is 4.79 Å². The van der Waals surface area contributed by atoms with E-state index >= 15 is 0 Å². The van der Waals surface area contributed by atoms with E-state index < -0.39 is 0 Å². The summed E-state index contributed by atoms with van der Waals surface area (Å²) in [5.74, 6) is 0.0400. The molecule has 1 fully saturated rings. The molecule has 1 aliphatic carbocycles. The van der Waals surface area contributed by atoms with E-state index in [1.807, 2.05) is 31.0 Å². The number of halogens is 2. The summed E-state index contributed by atoms with van der Waals surface area (Å²) in [6.45, 7) is 2.68. The summed E-state index contributed by atoms with van der Waals surface area (Å²) in [7, 11) is 1.88. The molecule has 24 heavy (non-hydrogen) atoms. The van der Waals surface area contributed by atoms with Crippen molar-refractivity contribution in [2.75, 3.05) is 19.3 Å². The average Bonchev–Trinajstić information content (AvgIpc) is 3.30. The first kappa shape index (κ1) is 18.8. The minimum absolute atomic E-state index is 0. The molecule has 128 valence electrons. The van der Waals surface area contributed by atoms with E-state index in [2.05, 4.69) is 40.2 Å². The summed E-state index contributed by atoms with van der Waals surface area (Å²) in [5.41, 5.74) is 9.54. The van der Waals surface area contributed by atoms with Crippen molar-refractivity contribution >= 4 is 39.9 Å². The number of aryl methyl sites for hydroxylation is 1. The number of hydrogen-bond acceptors (Lipinski definition) is 2. The third kappa shape index (κ3) is 3.76. The van der Waals surface area contributed by atoms with Crippen LogP contribution >= 0.6 is 28.3 Å². The number of benzene rings is 2. The monoisotopic (exact) mass is 408 g/mol. The molecule has 0 aliphatic heterocycles. The van der Waals surface area contributed by atoms with Gasteiger partial charge in [-0.25, -0.2) is 0 Å². The number of amides is 1. The van der Waals surface area contributed by atoms with Crippen LogP contribution in [0.4, 0.5) is 5.69 Å². The van der Waals surface area contributed by atoms with Crippen molar-refractivity contribution in [3.63, 3.8) is 0 Å². The molecule has 0 heterocycles. The van der Waals surface area contributed by atoms with Crippen molar-refractivity contribution in [3.8, 4) is 0 Å². The number of carbonyl (C=O) groups is 1. The lowest BCUT2D eigenvalue weighted by Crippen LogP contribution is -2.34. The van der Waals surface area contributed by atoms with Crippen LogP contribution in [0.1, 0.15) is 34.3 Å². The Balaban J connectivity index is 0.00000208. The summed E-state index contributed by atoms with van der Waals surface area (Å²) >= 11 is 3.48. The van der Waals surface area contributed by atoms with E-state index in [1.165, 1.54) is 5.56 Å². The van der Waals surface area contributed by atoms with Gasteiger partial charge in [0.1, 0.15) is 0 Å². The molecular formula is C19H22BrClN2O. The van der Waals surface area contributed by atoms with Gasteiger partial charge in [-0.1, -0.05) is 34.1 Å². The maximum atomic E-state index is 12.8. The molecule has 2 N–H and O–H groups in total. The van der Waals surface area contributed by atoms with Crippen LogP contribution in [0.3, 0.4) is 0 Å². The standard InChI is InChI=1S/C19H21BrN2O.ClH/c1-13-3-8-16(21)11-17(13)18(23)22(2)12-19(9-10-19)14-4-6-15(20)7-5-14;/h3-8,11H,9-10,12,21H2,1-2H3;1H. The minimum atomic E-state index is 0. The molecule has 1 saturated carbocycles. The second kappa shape index (κ2) is 7.16. The summed E-state index contributed by atoms with van der Waals surface area (Å²) in [4.78, 5) is 14.6. The summed E-state index contributed by atoms with van der Waals surface area (Å²) < 4.78 is 1.08. The fraction of sp³-hybridized carbons (Fsp3) is 0.316. The van der Waals surface area contributed by atoms with Crippen LogP contribution in [0.15, 0.2) is 46.9 Å².